The van der Waals surface area contributed by atoms with E-state index in [9.17, 15) is 29.1 Å². The van der Waals surface area contributed by atoms with E-state index in [1.807, 2.05) is 0 Å². The molecule has 0 fully saturated rings. The third-order valence-electron chi connectivity index (χ3n) is 1.94. The molecule has 0 rings (SSSR count). The molecule has 22 heavy (non-hydrogen) atoms. The summed E-state index contributed by atoms with van der Waals surface area (Å²) in [5.74, 6) is -3.10. The zero-order valence-electron chi connectivity index (χ0n) is 12.5. The van der Waals surface area contributed by atoms with Gasteiger partial charge >= 0.3 is 29.6 Å². The number of carboxylic acid groups (broad SMARTS) is 1. The average molecular weight is 358 g/mol. The van der Waals surface area contributed by atoms with E-state index < -0.39 is 23.8 Å². The summed E-state index contributed by atoms with van der Waals surface area (Å²) in [7, 11) is 0. The van der Waals surface area contributed by atoms with Gasteiger partial charge in [0.1, 0.15) is 0 Å². The molecule has 118 valence electrons. The average Bonchev–Trinajstić information content (AvgIpc) is 2.38. The van der Waals surface area contributed by atoms with Crippen LogP contribution in [0.2, 0.25) is 0 Å². The first-order chi connectivity index (χ1) is 9.72. The van der Waals surface area contributed by atoms with Gasteiger partial charge < -0.3 is 20.5 Å². The van der Waals surface area contributed by atoms with E-state index in [1.54, 1.807) is 0 Å². The Morgan fingerprint density at radius 2 is 1.41 bits per heavy atom. The largest absolute Gasteiger partial charge is 1.00 e. The molecule has 0 radical (unpaired) electrons. The van der Waals surface area contributed by atoms with Crippen LogP contribution in [0.4, 0.5) is 0 Å². The van der Waals surface area contributed by atoms with E-state index in [0.717, 1.165) is 23.5 Å². The third kappa shape index (κ3) is 13.1. The van der Waals surface area contributed by atoms with Crippen molar-refractivity contribution in [3.63, 3.8) is 0 Å². The molecule has 1 atom stereocenters. The summed E-state index contributed by atoms with van der Waals surface area (Å²) in [6.45, 7) is 2.21. The second kappa shape index (κ2) is 12.9. The van der Waals surface area contributed by atoms with Crippen LogP contribution in [0, 0.1) is 0 Å². The molecule has 1 unspecified atom stereocenters. The summed E-state index contributed by atoms with van der Waals surface area (Å²) >= 11 is 1.52. The Morgan fingerprint density at radius 3 is 1.82 bits per heavy atom. The fourth-order valence-corrected chi connectivity index (χ4v) is 1.88. The molecule has 0 saturated heterocycles. The molecule has 0 aromatic rings. The molecular formula is C11H15N2NaO6S2. The predicted octanol–water partition coefficient (Wildman–Crippen LogP) is -5.10. The predicted molar refractivity (Wildman–Crippen MR) is 76.2 cm³/mol. The Bertz CT molecular complexity index is 446. The fraction of sp³-hybridized carbons (Fsp3) is 0.545. The van der Waals surface area contributed by atoms with Crippen molar-refractivity contribution in [2.45, 2.75) is 19.9 Å². The van der Waals surface area contributed by atoms with Gasteiger partial charge in [0, 0.05) is 20.4 Å². The van der Waals surface area contributed by atoms with Gasteiger partial charge in [-0.25, -0.2) is 0 Å². The van der Waals surface area contributed by atoms with Crippen molar-refractivity contribution >= 4 is 51.5 Å². The Labute approximate surface area is 158 Å². The number of carboxylic acids is 1. The van der Waals surface area contributed by atoms with Crippen molar-refractivity contribution in [1.82, 2.24) is 10.6 Å². The fourth-order valence-electron chi connectivity index (χ4n) is 1.03. The molecular weight excluding hydrogens is 343 g/mol. The van der Waals surface area contributed by atoms with E-state index in [2.05, 4.69) is 10.6 Å². The Morgan fingerprint density at radius 1 is 0.955 bits per heavy atom. The van der Waals surface area contributed by atoms with Crippen LogP contribution in [-0.4, -0.2) is 52.1 Å². The summed E-state index contributed by atoms with van der Waals surface area (Å²) in [5.41, 5.74) is 0. The van der Waals surface area contributed by atoms with Gasteiger partial charge in [0.2, 0.25) is 11.8 Å². The standard InChI is InChI=1S/C11H16N2O6S2.Na/c1-6(14)20-4-9(16)12-3-8(11(18)19)13-10(17)5-21-7(2)15;/h8H,3-5H2,1-2H3,(H,12,16)(H,13,17)(H,18,19);/q;+1/p-1. The number of carbonyl (C=O) groups is 5. The van der Waals surface area contributed by atoms with Crippen LogP contribution < -0.4 is 45.3 Å². The van der Waals surface area contributed by atoms with Gasteiger partial charge in [0.15, 0.2) is 10.2 Å². The van der Waals surface area contributed by atoms with Crippen LogP contribution in [-0.2, 0) is 24.0 Å². The SMILES string of the molecule is CC(=O)SCC(=O)NCC(NC(=O)CSC(C)=O)C(=O)[O-].[Na+]. The van der Waals surface area contributed by atoms with Gasteiger partial charge in [-0.2, -0.15) is 0 Å². The van der Waals surface area contributed by atoms with E-state index >= 15 is 0 Å². The molecule has 0 bridgehead atoms. The molecule has 0 heterocycles. The molecule has 0 aromatic heterocycles. The maximum Gasteiger partial charge on any atom is 1.00 e. The van der Waals surface area contributed by atoms with Gasteiger partial charge in [0.25, 0.3) is 0 Å². The summed E-state index contributed by atoms with van der Waals surface area (Å²) in [4.78, 5) is 54.9. The molecule has 8 nitrogen and oxygen atoms in total. The zero-order chi connectivity index (χ0) is 16.4. The van der Waals surface area contributed by atoms with Crippen LogP contribution in [0.3, 0.4) is 0 Å². The summed E-state index contributed by atoms with van der Waals surface area (Å²) in [6, 6.07) is -1.41. The second-order valence-electron chi connectivity index (χ2n) is 3.80. The second-order valence-corrected chi connectivity index (χ2v) is 6.11. The number of hydrogen-bond donors (Lipinski definition) is 2. The number of thioether (sulfide) groups is 2. The first kappa shape index (κ1) is 23.7. The van der Waals surface area contributed by atoms with E-state index in [1.165, 1.54) is 13.8 Å². The number of rotatable bonds is 8. The Balaban J connectivity index is 0. The van der Waals surface area contributed by atoms with Crippen molar-refractivity contribution < 1.29 is 58.6 Å². The first-order valence-corrected chi connectivity index (χ1v) is 7.73. The number of amides is 2. The van der Waals surface area contributed by atoms with Crippen LogP contribution in [0.1, 0.15) is 13.8 Å². The van der Waals surface area contributed by atoms with Gasteiger partial charge in [-0.3, -0.25) is 19.2 Å². The van der Waals surface area contributed by atoms with Crippen molar-refractivity contribution in [2.75, 3.05) is 18.1 Å². The molecule has 0 aliphatic carbocycles. The topological polar surface area (TPSA) is 132 Å². The van der Waals surface area contributed by atoms with Crippen molar-refractivity contribution in [1.29, 1.82) is 0 Å². The minimum atomic E-state index is -1.56. The monoisotopic (exact) mass is 358 g/mol. The van der Waals surface area contributed by atoms with E-state index in [4.69, 9.17) is 0 Å². The smallest absolute Gasteiger partial charge is 0.548 e. The summed E-state index contributed by atoms with van der Waals surface area (Å²) < 4.78 is 0. The molecule has 11 heteroatoms. The quantitative estimate of drug-likeness (QED) is 0.412. The minimum Gasteiger partial charge on any atom is -0.548 e. The van der Waals surface area contributed by atoms with Crippen LogP contribution in [0.15, 0.2) is 0 Å². The van der Waals surface area contributed by atoms with Crippen molar-refractivity contribution in [2.24, 2.45) is 0 Å². The van der Waals surface area contributed by atoms with Gasteiger partial charge in [-0.1, -0.05) is 23.5 Å². The van der Waals surface area contributed by atoms with E-state index in [-0.39, 0.29) is 57.8 Å². The van der Waals surface area contributed by atoms with Gasteiger partial charge in [-0.05, 0) is 0 Å². The maximum absolute atomic E-state index is 11.4. The van der Waals surface area contributed by atoms with E-state index in [0.29, 0.717) is 0 Å². The van der Waals surface area contributed by atoms with Crippen LogP contribution in [0.5, 0.6) is 0 Å². The summed E-state index contributed by atoms with van der Waals surface area (Å²) in [6.07, 6.45) is 0. The number of carbonyl (C=O) groups excluding carboxylic acids is 5. The number of nitrogens with one attached hydrogen (secondary N) is 2. The Hall–Kier alpha value is -0.550. The Kier molecular flexibility index (Phi) is 13.9. The molecule has 0 aliphatic rings. The molecule has 0 aliphatic heterocycles. The van der Waals surface area contributed by atoms with Crippen LogP contribution >= 0.6 is 23.5 Å². The third-order valence-corrected chi connectivity index (χ3v) is 3.56. The first-order valence-electron chi connectivity index (χ1n) is 5.76. The van der Waals surface area contributed by atoms with Gasteiger partial charge in [-0.15, -0.1) is 0 Å². The van der Waals surface area contributed by atoms with Crippen molar-refractivity contribution in [3.05, 3.63) is 0 Å². The summed E-state index contributed by atoms with van der Waals surface area (Å²) in [5, 5.41) is 14.7. The molecule has 0 aromatic carbocycles. The number of hydrogen-bond acceptors (Lipinski definition) is 8. The molecule has 2 N–H and O–H groups in total. The zero-order valence-corrected chi connectivity index (χ0v) is 16.1. The molecule has 0 saturated carbocycles. The molecule has 2 amide bonds. The minimum absolute atomic E-state index is 0. The van der Waals surface area contributed by atoms with Gasteiger partial charge in [0.05, 0.1) is 23.5 Å². The molecule has 0 spiro atoms. The van der Waals surface area contributed by atoms with Crippen LogP contribution in [0.25, 0.3) is 0 Å². The van der Waals surface area contributed by atoms with Crippen molar-refractivity contribution in [3.8, 4) is 0 Å². The normalized spacial score (nSPS) is 10.8. The number of aliphatic carboxylic acids is 1. The maximum atomic E-state index is 11.4.